The van der Waals surface area contributed by atoms with Crippen molar-refractivity contribution >= 4 is 16.0 Å². The van der Waals surface area contributed by atoms with Crippen LogP contribution >= 0.6 is 0 Å². The molecule has 5 nitrogen and oxygen atoms in total. The molecule has 16 heavy (non-hydrogen) atoms. The van der Waals surface area contributed by atoms with Crippen LogP contribution in [0.4, 0.5) is 0 Å². The molecule has 0 spiro atoms. The van der Waals surface area contributed by atoms with Crippen LogP contribution in [0.3, 0.4) is 0 Å². The Morgan fingerprint density at radius 3 is 2.56 bits per heavy atom. The molecular weight excluding hydrogens is 230 g/mol. The molecule has 2 fully saturated rings. The molecule has 1 aliphatic carbocycles. The van der Waals surface area contributed by atoms with E-state index in [0.717, 1.165) is 25.7 Å². The second-order valence-corrected chi connectivity index (χ2v) is 6.68. The summed E-state index contributed by atoms with van der Waals surface area (Å²) in [6.07, 6.45) is 3.00. The predicted octanol–water partition coefficient (Wildman–Crippen LogP) is 0.364. The first-order chi connectivity index (χ1) is 7.55. The third kappa shape index (κ3) is 2.22. The summed E-state index contributed by atoms with van der Waals surface area (Å²) in [6, 6.07) is 0. The Morgan fingerprint density at radius 1 is 1.31 bits per heavy atom. The first-order valence-electron chi connectivity index (χ1n) is 5.62. The van der Waals surface area contributed by atoms with E-state index in [1.807, 2.05) is 0 Å². The first-order valence-corrected chi connectivity index (χ1v) is 7.13. The molecule has 1 aliphatic heterocycles. The van der Waals surface area contributed by atoms with E-state index in [-0.39, 0.29) is 17.1 Å². The summed E-state index contributed by atoms with van der Waals surface area (Å²) < 4.78 is 30.1. The molecule has 0 amide bonds. The highest BCUT2D eigenvalue weighted by molar-refractivity contribution is 7.90. The molecule has 1 atom stereocenters. The van der Waals surface area contributed by atoms with Gasteiger partial charge < -0.3 is 4.74 Å². The second kappa shape index (κ2) is 4.33. The highest BCUT2D eigenvalue weighted by Gasteiger charge is 2.42. The zero-order chi connectivity index (χ0) is 11.8. The van der Waals surface area contributed by atoms with Crippen LogP contribution in [0.2, 0.25) is 0 Å². The summed E-state index contributed by atoms with van der Waals surface area (Å²) in [4.78, 5) is 11.4. The van der Waals surface area contributed by atoms with Crippen LogP contribution in [-0.4, -0.2) is 44.1 Å². The Hall–Kier alpha value is -0.620. The number of sulfonamides is 1. The molecule has 0 aromatic heterocycles. The smallest absolute Gasteiger partial charge is 0.309 e. The Balaban J connectivity index is 2.04. The molecule has 1 saturated carbocycles. The molecule has 1 heterocycles. The topological polar surface area (TPSA) is 63.7 Å². The van der Waals surface area contributed by atoms with Gasteiger partial charge in [0.05, 0.1) is 18.3 Å². The fourth-order valence-corrected chi connectivity index (χ4v) is 4.03. The van der Waals surface area contributed by atoms with Crippen LogP contribution < -0.4 is 0 Å². The number of esters is 1. The number of rotatable bonds is 3. The van der Waals surface area contributed by atoms with Gasteiger partial charge in [-0.05, 0) is 25.7 Å². The van der Waals surface area contributed by atoms with Gasteiger partial charge in [-0.3, -0.25) is 4.79 Å². The standard InChI is InChI=1S/C10H17NO4S/c1-15-10(12)8-3-2-6-11(7-8)16(13,14)9-4-5-9/h8-9H,2-7H2,1H3/t8-/m1/s1. The maximum absolute atomic E-state index is 12.0. The van der Waals surface area contributed by atoms with E-state index in [9.17, 15) is 13.2 Å². The molecule has 2 rings (SSSR count). The SMILES string of the molecule is COC(=O)[C@@H]1CCCN(S(=O)(=O)C2CC2)C1. The molecule has 6 heteroatoms. The molecular formula is C10H17NO4S. The maximum atomic E-state index is 12.0. The first kappa shape index (κ1) is 11.9. The van der Waals surface area contributed by atoms with Crippen LogP contribution in [0, 0.1) is 5.92 Å². The van der Waals surface area contributed by atoms with E-state index in [2.05, 4.69) is 4.74 Å². The number of ether oxygens (including phenoxy) is 1. The Labute approximate surface area is 95.8 Å². The average Bonchev–Trinajstić information content (AvgIpc) is 3.12. The van der Waals surface area contributed by atoms with Gasteiger partial charge in [0.2, 0.25) is 10.0 Å². The number of hydrogen-bond acceptors (Lipinski definition) is 4. The quantitative estimate of drug-likeness (QED) is 0.676. The van der Waals surface area contributed by atoms with E-state index in [1.54, 1.807) is 0 Å². The summed E-state index contributed by atoms with van der Waals surface area (Å²) in [5, 5.41) is -0.191. The molecule has 0 radical (unpaired) electrons. The average molecular weight is 247 g/mol. The monoisotopic (exact) mass is 247 g/mol. The van der Waals surface area contributed by atoms with Crippen LogP contribution in [0.15, 0.2) is 0 Å². The third-order valence-electron chi connectivity index (χ3n) is 3.22. The van der Waals surface area contributed by atoms with Crippen molar-refractivity contribution in [3.8, 4) is 0 Å². The number of methoxy groups -OCH3 is 1. The highest BCUT2D eigenvalue weighted by atomic mass is 32.2. The zero-order valence-corrected chi connectivity index (χ0v) is 10.2. The summed E-state index contributed by atoms with van der Waals surface area (Å²) in [6.45, 7) is 0.845. The number of piperidine rings is 1. The van der Waals surface area contributed by atoms with Gasteiger partial charge in [-0.15, -0.1) is 0 Å². The lowest BCUT2D eigenvalue weighted by molar-refractivity contribution is -0.146. The highest BCUT2D eigenvalue weighted by Crippen LogP contribution is 2.33. The predicted molar refractivity (Wildman–Crippen MR) is 58.3 cm³/mol. The van der Waals surface area contributed by atoms with Crippen LogP contribution in [0.25, 0.3) is 0 Å². The molecule has 2 aliphatic rings. The molecule has 0 unspecified atom stereocenters. The van der Waals surface area contributed by atoms with E-state index < -0.39 is 10.0 Å². The van der Waals surface area contributed by atoms with Gasteiger partial charge in [0.25, 0.3) is 0 Å². The van der Waals surface area contributed by atoms with Crippen molar-refractivity contribution in [3.05, 3.63) is 0 Å². The lowest BCUT2D eigenvalue weighted by Gasteiger charge is -2.30. The fourth-order valence-electron chi connectivity index (χ4n) is 2.11. The van der Waals surface area contributed by atoms with Crippen LogP contribution in [0.5, 0.6) is 0 Å². The van der Waals surface area contributed by atoms with Crippen molar-refractivity contribution in [2.24, 2.45) is 5.92 Å². The van der Waals surface area contributed by atoms with Crippen molar-refractivity contribution < 1.29 is 17.9 Å². The van der Waals surface area contributed by atoms with E-state index in [4.69, 9.17) is 0 Å². The minimum atomic E-state index is -3.14. The van der Waals surface area contributed by atoms with Crippen molar-refractivity contribution in [3.63, 3.8) is 0 Å². The van der Waals surface area contributed by atoms with Gasteiger partial charge in [0, 0.05) is 13.1 Å². The molecule has 0 aromatic carbocycles. The Morgan fingerprint density at radius 2 is 2.00 bits per heavy atom. The largest absolute Gasteiger partial charge is 0.469 e. The van der Waals surface area contributed by atoms with E-state index in [1.165, 1.54) is 11.4 Å². The lowest BCUT2D eigenvalue weighted by Crippen LogP contribution is -2.43. The molecule has 1 saturated heterocycles. The Bertz CT molecular complexity index is 374. The summed E-state index contributed by atoms with van der Waals surface area (Å²) in [7, 11) is -1.79. The van der Waals surface area contributed by atoms with E-state index >= 15 is 0 Å². The molecule has 0 N–H and O–H groups in total. The fraction of sp³-hybridized carbons (Fsp3) is 0.900. The molecule has 0 aromatic rings. The van der Waals surface area contributed by atoms with Crippen molar-refractivity contribution in [1.29, 1.82) is 0 Å². The van der Waals surface area contributed by atoms with E-state index in [0.29, 0.717) is 13.1 Å². The van der Waals surface area contributed by atoms with Gasteiger partial charge >= 0.3 is 5.97 Å². The number of carbonyl (C=O) groups is 1. The van der Waals surface area contributed by atoms with Gasteiger partial charge in [-0.25, -0.2) is 12.7 Å². The normalized spacial score (nSPS) is 27.7. The van der Waals surface area contributed by atoms with Gasteiger partial charge in [0.1, 0.15) is 0 Å². The van der Waals surface area contributed by atoms with Crippen molar-refractivity contribution in [1.82, 2.24) is 4.31 Å². The minimum absolute atomic E-state index is 0.191. The number of carbonyl (C=O) groups excluding carboxylic acids is 1. The van der Waals surface area contributed by atoms with Crippen molar-refractivity contribution in [2.45, 2.75) is 30.9 Å². The van der Waals surface area contributed by atoms with Gasteiger partial charge in [-0.2, -0.15) is 0 Å². The third-order valence-corrected chi connectivity index (χ3v) is 5.59. The molecule has 92 valence electrons. The minimum Gasteiger partial charge on any atom is -0.469 e. The number of nitrogens with zero attached hydrogens (tertiary/aromatic N) is 1. The second-order valence-electron chi connectivity index (χ2n) is 4.46. The molecule has 0 bridgehead atoms. The summed E-state index contributed by atoms with van der Waals surface area (Å²) in [5.74, 6) is -0.581. The maximum Gasteiger partial charge on any atom is 0.309 e. The Kier molecular flexibility index (Phi) is 3.21. The van der Waals surface area contributed by atoms with Crippen LogP contribution in [-0.2, 0) is 19.6 Å². The lowest BCUT2D eigenvalue weighted by atomic mass is 10.0. The van der Waals surface area contributed by atoms with Gasteiger partial charge in [-0.1, -0.05) is 0 Å². The summed E-state index contributed by atoms with van der Waals surface area (Å²) >= 11 is 0. The van der Waals surface area contributed by atoms with Gasteiger partial charge in [0.15, 0.2) is 0 Å². The van der Waals surface area contributed by atoms with Crippen LogP contribution in [0.1, 0.15) is 25.7 Å². The van der Waals surface area contributed by atoms with Crippen molar-refractivity contribution in [2.75, 3.05) is 20.2 Å². The zero-order valence-electron chi connectivity index (χ0n) is 9.39. The number of hydrogen-bond donors (Lipinski definition) is 0. The summed E-state index contributed by atoms with van der Waals surface area (Å²) in [5.41, 5.74) is 0.